The smallest absolute Gasteiger partial charge is 0.261 e. The van der Waals surface area contributed by atoms with Gasteiger partial charge in [0.05, 0.1) is 0 Å². The lowest BCUT2D eigenvalue weighted by Crippen LogP contribution is -2.51. The molecular formula is C27H28BrFN2O3. The van der Waals surface area contributed by atoms with E-state index in [9.17, 15) is 14.0 Å². The summed E-state index contributed by atoms with van der Waals surface area (Å²) in [4.78, 5) is 28.1. The Hall–Kier alpha value is -3.19. The van der Waals surface area contributed by atoms with E-state index in [0.29, 0.717) is 13.0 Å². The molecule has 0 radical (unpaired) electrons. The van der Waals surface area contributed by atoms with Crippen LogP contribution in [-0.2, 0) is 22.6 Å². The van der Waals surface area contributed by atoms with E-state index < -0.39 is 17.8 Å². The molecule has 5 nitrogen and oxygen atoms in total. The standard InChI is InChI=1S/C27H28BrFN2O3/c1-2-16-30-27(33)24(17-20-8-4-3-5-9-20)31(18-21-12-14-22(28)15-13-21)26(32)19-34-25-11-7-6-10-23(25)29/h3-15,24H,2,16-19H2,1H3,(H,30,33). The molecule has 0 aliphatic rings. The zero-order valence-electron chi connectivity index (χ0n) is 19.0. The van der Waals surface area contributed by atoms with Gasteiger partial charge >= 0.3 is 0 Å². The van der Waals surface area contributed by atoms with Gasteiger partial charge in [0.1, 0.15) is 6.04 Å². The zero-order chi connectivity index (χ0) is 24.3. The minimum absolute atomic E-state index is 0.00511. The summed E-state index contributed by atoms with van der Waals surface area (Å²) in [6.45, 7) is 2.31. The van der Waals surface area contributed by atoms with E-state index in [1.54, 1.807) is 12.1 Å². The lowest BCUT2D eigenvalue weighted by molar-refractivity contribution is -0.142. The summed E-state index contributed by atoms with van der Waals surface area (Å²) in [6.07, 6.45) is 1.12. The molecular weight excluding hydrogens is 499 g/mol. The molecule has 0 fully saturated rings. The highest BCUT2D eigenvalue weighted by Crippen LogP contribution is 2.19. The van der Waals surface area contributed by atoms with Crippen molar-refractivity contribution in [1.29, 1.82) is 0 Å². The third kappa shape index (κ3) is 7.42. The van der Waals surface area contributed by atoms with Crippen LogP contribution >= 0.6 is 15.9 Å². The minimum atomic E-state index is -0.755. The number of carbonyl (C=O) groups excluding carboxylic acids is 2. The summed E-state index contributed by atoms with van der Waals surface area (Å²) < 4.78 is 20.4. The molecule has 3 aromatic carbocycles. The van der Waals surface area contributed by atoms with Gasteiger partial charge in [-0.25, -0.2) is 4.39 Å². The van der Waals surface area contributed by atoms with Crippen LogP contribution in [0.25, 0.3) is 0 Å². The van der Waals surface area contributed by atoms with Crippen LogP contribution in [-0.4, -0.2) is 35.9 Å². The molecule has 0 aromatic heterocycles. The Bertz CT molecular complexity index is 1080. The molecule has 0 saturated heterocycles. The number of nitrogens with one attached hydrogen (secondary N) is 1. The summed E-state index contributed by atoms with van der Waals surface area (Å²) >= 11 is 3.42. The van der Waals surface area contributed by atoms with Gasteiger partial charge in [-0.3, -0.25) is 9.59 Å². The minimum Gasteiger partial charge on any atom is -0.481 e. The van der Waals surface area contributed by atoms with Gasteiger partial charge in [-0.05, 0) is 41.8 Å². The zero-order valence-corrected chi connectivity index (χ0v) is 20.6. The molecule has 0 heterocycles. The topological polar surface area (TPSA) is 58.6 Å². The Labute approximate surface area is 208 Å². The highest BCUT2D eigenvalue weighted by atomic mass is 79.9. The molecule has 0 aliphatic heterocycles. The van der Waals surface area contributed by atoms with Crippen molar-refractivity contribution in [3.05, 3.63) is 100 Å². The van der Waals surface area contributed by atoms with Gasteiger partial charge in [-0.1, -0.05) is 77.5 Å². The number of benzene rings is 3. The molecule has 1 N–H and O–H groups in total. The first-order valence-electron chi connectivity index (χ1n) is 11.2. The summed E-state index contributed by atoms with van der Waals surface area (Å²) in [5, 5.41) is 2.92. The highest BCUT2D eigenvalue weighted by Gasteiger charge is 2.30. The number of ether oxygens (including phenoxy) is 1. The first-order chi connectivity index (χ1) is 16.5. The number of hydrogen-bond acceptors (Lipinski definition) is 3. The molecule has 2 amide bonds. The van der Waals surface area contributed by atoms with Crippen molar-refractivity contribution in [2.45, 2.75) is 32.4 Å². The lowest BCUT2D eigenvalue weighted by Gasteiger charge is -2.31. The molecule has 7 heteroatoms. The molecule has 34 heavy (non-hydrogen) atoms. The van der Waals surface area contributed by atoms with Gasteiger partial charge in [0.2, 0.25) is 5.91 Å². The van der Waals surface area contributed by atoms with Crippen LogP contribution in [0.15, 0.2) is 83.3 Å². The van der Waals surface area contributed by atoms with E-state index in [-0.39, 0.29) is 24.8 Å². The monoisotopic (exact) mass is 526 g/mol. The Balaban J connectivity index is 1.89. The molecule has 3 aromatic rings. The van der Waals surface area contributed by atoms with Crippen molar-refractivity contribution >= 4 is 27.7 Å². The van der Waals surface area contributed by atoms with E-state index in [4.69, 9.17) is 4.74 Å². The average molecular weight is 527 g/mol. The Kier molecular flexibility index (Phi) is 9.64. The molecule has 0 saturated carbocycles. The summed E-state index contributed by atoms with van der Waals surface area (Å²) in [6, 6.07) is 22.3. The average Bonchev–Trinajstić information content (AvgIpc) is 2.85. The highest BCUT2D eigenvalue weighted by molar-refractivity contribution is 9.10. The maximum Gasteiger partial charge on any atom is 0.261 e. The Morgan fingerprint density at radius 2 is 1.65 bits per heavy atom. The molecule has 1 unspecified atom stereocenters. The number of para-hydroxylation sites is 1. The molecule has 3 rings (SSSR count). The molecule has 0 aliphatic carbocycles. The van der Waals surface area contributed by atoms with E-state index in [0.717, 1.165) is 22.0 Å². The van der Waals surface area contributed by atoms with E-state index in [1.165, 1.54) is 17.0 Å². The van der Waals surface area contributed by atoms with Crippen molar-refractivity contribution in [3.63, 3.8) is 0 Å². The largest absolute Gasteiger partial charge is 0.481 e. The van der Waals surface area contributed by atoms with Crippen LogP contribution in [0.3, 0.4) is 0 Å². The Morgan fingerprint density at radius 1 is 0.971 bits per heavy atom. The van der Waals surface area contributed by atoms with E-state index in [2.05, 4.69) is 21.2 Å². The predicted molar refractivity (Wildman–Crippen MR) is 134 cm³/mol. The van der Waals surface area contributed by atoms with Gasteiger partial charge in [-0.15, -0.1) is 0 Å². The number of hydrogen-bond donors (Lipinski definition) is 1. The van der Waals surface area contributed by atoms with Crippen molar-refractivity contribution in [2.24, 2.45) is 0 Å². The quantitative estimate of drug-likeness (QED) is 0.376. The third-order valence-corrected chi connectivity index (χ3v) is 5.80. The van der Waals surface area contributed by atoms with Gasteiger partial charge < -0.3 is 15.0 Å². The lowest BCUT2D eigenvalue weighted by atomic mass is 10.0. The number of nitrogens with zero attached hydrogens (tertiary/aromatic N) is 1. The second kappa shape index (κ2) is 12.9. The van der Waals surface area contributed by atoms with Gasteiger partial charge in [0.25, 0.3) is 5.91 Å². The van der Waals surface area contributed by atoms with Crippen molar-refractivity contribution < 1.29 is 18.7 Å². The van der Waals surface area contributed by atoms with Crippen LogP contribution in [0.1, 0.15) is 24.5 Å². The maximum absolute atomic E-state index is 14.0. The van der Waals surface area contributed by atoms with Crippen LogP contribution < -0.4 is 10.1 Å². The molecule has 1 atom stereocenters. The van der Waals surface area contributed by atoms with Crippen LogP contribution in [0, 0.1) is 5.82 Å². The van der Waals surface area contributed by atoms with Gasteiger partial charge in [-0.2, -0.15) is 0 Å². The van der Waals surface area contributed by atoms with Crippen molar-refractivity contribution in [1.82, 2.24) is 10.2 Å². The molecule has 0 bridgehead atoms. The SMILES string of the molecule is CCCNC(=O)C(Cc1ccccc1)N(Cc1ccc(Br)cc1)C(=O)COc1ccccc1F. The van der Waals surface area contributed by atoms with Crippen molar-refractivity contribution in [2.75, 3.05) is 13.2 Å². The van der Waals surface area contributed by atoms with Crippen LogP contribution in [0.5, 0.6) is 5.75 Å². The number of rotatable bonds is 11. The second-order valence-corrected chi connectivity index (χ2v) is 8.78. The molecule has 0 spiro atoms. The summed E-state index contributed by atoms with van der Waals surface area (Å²) in [5.74, 6) is -1.19. The molecule has 178 valence electrons. The maximum atomic E-state index is 14.0. The number of halogens is 2. The summed E-state index contributed by atoms with van der Waals surface area (Å²) in [7, 11) is 0. The number of carbonyl (C=O) groups is 2. The van der Waals surface area contributed by atoms with Crippen LogP contribution in [0.2, 0.25) is 0 Å². The fraction of sp³-hybridized carbons (Fsp3) is 0.259. The Morgan fingerprint density at radius 3 is 2.32 bits per heavy atom. The fourth-order valence-electron chi connectivity index (χ4n) is 3.49. The normalized spacial score (nSPS) is 11.5. The predicted octanol–water partition coefficient (Wildman–Crippen LogP) is 5.13. The van der Waals surface area contributed by atoms with Gasteiger partial charge in [0.15, 0.2) is 18.2 Å². The fourth-order valence-corrected chi connectivity index (χ4v) is 3.76. The third-order valence-electron chi connectivity index (χ3n) is 5.27. The van der Waals surface area contributed by atoms with Gasteiger partial charge in [0, 0.05) is 24.0 Å². The summed E-state index contributed by atoms with van der Waals surface area (Å²) in [5.41, 5.74) is 1.80. The van der Waals surface area contributed by atoms with Crippen LogP contribution in [0.4, 0.5) is 4.39 Å². The van der Waals surface area contributed by atoms with E-state index in [1.807, 2.05) is 61.5 Å². The van der Waals surface area contributed by atoms with E-state index >= 15 is 0 Å². The first kappa shape index (κ1) is 25.4. The second-order valence-electron chi connectivity index (χ2n) is 7.86. The first-order valence-corrected chi connectivity index (χ1v) is 12.0. The number of amides is 2. The van der Waals surface area contributed by atoms with Crippen molar-refractivity contribution in [3.8, 4) is 5.75 Å².